The van der Waals surface area contributed by atoms with Gasteiger partial charge in [-0.05, 0) is 37.6 Å². The summed E-state index contributed by atoms with van der Waals surface area (Å²) in [5, 5.41) is 5.11. The summed E-state index contributed by atoms with van der Waals surface area (Å²) in [5.74, 6) is -3.19. The Hall–Kier alpha value is -3.99. The molecule has 2 aliphatic rings. The monoisotopic (exact) mass is 449 g/mol. The van der Waals surface area contributed by atoms with E-state index < -0.39 is 35.6 Å². The van der Waals surface area contributed by atoms with E-state index in [2.05, 4.69) is 20.6 Å². The molecule has 160 valence electrons. The minimum absolute atomic E-state index is 0.000889. The van der Waals surface area contributed by atoms with Gasteiger partial charge < -0.3 is 0 Å². The van der Waals surface area contributed by atoms with E-state index in [4.69, 9.17) is 0 Å². The number of rotatable bonds is 3. The summed E-state index contributed by atoms with van der Waals surface area (Å²) in [5.41, 5.74) is 1.25. The number of nitrogens with zero attached hydrogens (tertiary/aromatic N) is 3. The summed E-state index contributed by atoms with van der Waals surface area (Å²) < 4.78 is 0.791. The number of carbonyl (C=O) groups is 5. The van der Waals surface area contributed by atoms with E-state index in [9.17, 15) is 24.0 Å². The topological polar surface area (TPSA) is 138 Å². The lowest BCUT2D eigenvalue weighted by molar-refractivity contribution is -0.136. The van der Waals surface area contributed by atoms with Crippen LogP contribution in [0.5, 0.6) is 0 Å². The van der Waals surface area contributed by atoms with Crippen LogP contribution in [0.25, 0.3) is 10.3 Å². The van der Waals surface area contributed by atoms with Crippen molar-refractivity contribution in [3.63, 3.8) is 0 Å². The number of nitrogens with one attached hydrogen (secondary N) is 2. The lowest BCUT2D eigenvalue weighted by Crippen LogP contribution is -2.54. The molecule has 4 heterocycles. The maximum atomic E-state index is 13.1. The molecular formula is C21H15N5O5S. The average molecular weight is 449 g/mol. The third kappa shape index (κ3) is 3.14. The Labute approximate surface area is 184 Å². The molecule has 1 saturated heterocycles. The zero-order valence-corrected chi connectivity index (χ0v) is 17.5. The second-order valence-electron chi connectivity index (χ2n) is 7.42. The fourth-order valence-electron chi connectivity index (χ4n) is 3.84. The van der Waals surface area contributed by atoms with Crippen molar-refractivity contribution < 1.29 is 24.0 Å². The molecule has 0 bridgehead atoms. The number of anilines is 1. The lowest BCUT2D eigenvalue weighted by Gasteiger charge is -2.27. The Morgan fingerprint density at radius 2 is 1.94 bits per heavy atom. The Bertz CT molecular complexity index is 1360. The molecule has 2 aliphatic heterocycles. The van der Waals surface area contributed by atoms with Crippen LogP contribution in [0.1, 0.15) is 49.6 Å². The molecule has 1 aromatic carbocycles. The second-order valence-corrected chi connectivity index (χ2v) is 8.45. The Balaban J connectivity index is 1.46. The Morgan fingerprint density at radius 3 is 2.72 bits per heavy atom. The number of piperidine rings is 1. The minimum atomic E-state index is -1.10. The standard InChI is InChI=1S/C21H15N5O5S/c1-9-5-7-13-16(22-9)24-21(32-13)25-17(28)10-3-2-4-11-15(10)20(31)26(19(11)30)12-6-8-14(27)23-18(12)29/h2-5,7,12H,6,8H2,1H3,(H,23,27,29)(H,22,24,25,28). The average Bonchev–Trinajstić information content (AvgIpc) is 3.26. The smallest absolute Gasteiger partial charge is 0.263 e. The molecule has 1 unspecified atom stereocenters. The van der Waals surface area contributed by atoms with Gasteiger partial charge in [0.1, 0.15) is 6.04 Å². The highest BCUT2D eigenvalue weighted by atomic mass is 32.1. The number of fused-ring (bicyclic) bond motifs is 2. The summed E-state index contributed by atoms with van der Waals surface area (Å²) in [6, 6.07) is 6.95. The molecule has 2 aromatic heterocycles. The van der Waals surface area contributed by atoms with Crippen LogP contribution in [0, 0.1) is 6.92 Å². The molecule has 5 amide bonds. The lowest BCUT2D eigenvalue weighted by atomic mass is 10.0. The first-order chi connectivity index (χ1) is 15.3. The number of carbonyl (C=O) groups excluding carboxylic acids is 5. The van der Waals surface area contributed by atoms with Crippen LogP contribution in [0.3, 0.4) is 0 Å². The number of amides is 5. The van der Waals surface area contributed by atoms with Crippen LogP contribution in [0.15, 0.2) is 30.3 Å². The van der Waals surface area contributed by atoms with Gasteiger partial charge in [0.15, 0.2) is 10.8 Å². The van der Waals surface area contributed by atoms with Crippen LogP contribution >= 0.6 is 11.3 Å². The fourth-order valence-corrected chi connectivity index (χ4v) is 4.64. The van der Waals surface area contributed by atoms with E-state index in [1.54, 1.807) is 0 Å². The zero-order chi connectivity index (χ0) is 22.6. The van der Waals surface area contributed by atoms with Crippen LogP contribution in [0.4, 0.5) is 5.13 Å². The van der Waals surface area contributed by atoms with Gasteiger partial charge in [-0.1, -0.05) is 17.4 Å². The van der Waals surface area contributed by atoms with Crippen LogP contribution in [0.2, 0.25) is 0 Å². The van der Waals surface area contributed by atoms with Gasteiger partial charge in [-0.3, -0.25) is 39.5 Å². The maximum Gasteiger partial charge on any atom is 0.263 e. The fraction of sp³-hybridized carbons (Fsp3) is 0.190. The first kappa shape index (κ1) is 19.9. The summed E-state index contributed by atoms with van der Waals surface area (Å²) in [4.78, 5) is 72.1. The number of thiazole rings is 1. The van der Waals surface area contributed by atoms with E-state index in [0.717, 1.165) is 15.3 Å². The van der Waals surface area contributed by atoms with Gasteiger partial charge in [-0.25, -0.2) is 4.98 Å². The van der Waals surface area contributed by atoms with Gasteiger partial charge in [0.2, 0.25) is 11.8 Å². The first-order valence-electron chi connectivity index (χ1n) is 9.73. The summed E-state index contributed by atoms with van der Waals surface area (Å²) in [7, 11) is 0. The summed E-state index contributed by atoms with van der Waals surface area (Å²) in [6.45, 7) is 1.83. The molecule has 0 spiro atoms. The number of imide groups is 2. The number of aromatic nitrogens is 2. The first-order valence-corrected chi connectivity index (χ1v) is 10.6. The third-order valence-corrected chi connectivity index (χ3v) is 6.25. The van der Waals surface area contributed by atoms with Crippen molar-refractivity contribution in [1.29, 1.82) is 0 Å². The Morgan fingerprint density at radius 1 is 1.12 bits per heavy atom. The van der Waals surface area contributed by atoms with E-state index in [1.165, 1.54) is 29.5 Å². The van der Waals surface area contributed by atoms with Crippen molar-refractivity contribution in [3.8, 4) is 0 Å². The van der Waals surface area contributed by atoms with Gasteiger partial charge in [0.25, 0.3) is 17.7 Å². The third-order valence-electron chi connectivity index (χ3n) is 5.33. The normalized spacial score (nSPS) is 18.2. The predicted octanol–water partition coefficient (Wildman–Crippen LogP) is 1.65. The van der Waals surface area contributed by atoms with Gasteiger partial charge in [0, 0.05) is 12.1 Å². The molecule has 3 aromatic rings. The summed E-state index contributed by atoms with van der Waals surface area (Å²) in [6.07, 6.45) is 0.0536. The van der Waals surface area contributed by atoms with Crippen molar-refractivity contribution >= 4 is 56.4 Å². The van der Waals surface area contributed by atoms with Crippen LogP contribution < -0.4 is 10.6 Å². The molecular weight excluding hydrogens is 434 g/mol. The molecule has 5 rings (SSSR count). The highest BCUT2D eigenvalue weighted by Gasteiger charge is 2.46. The molecule has 1 fully saturated rings. The largest absolute Gasteiger partial charge is 0.298 e. The molecule has 11 heteroatoms. The van der Waals surface area contributed by atoms with Crippen molar-refractivity contribution in [2.45, 2.75) is 25.8 Å². The molecule has 1 atom stereocenters. The SMILES string of the molecule is Cc1ccc2sc(NC(=O)c3cccc4c3C(=O)N(C3CCC(=O)NC3=O)C4=O)nc2n1. The quantitative estimate of drug-likeness (QED) is 0.580. The highest BCUT2D eigenvalue weighted by molar-refractivity contribution is 7.22. The van der Waals surface area contributed by atoms with Gasteiger partial charge in [-0.15, -0.1) is 0 Å². The second kappa shape index (κ2) is 7.31. The van der Waals surface area contributed by atoms with E-state index in [1.807, 2.05) is 19.1 Å². The van der Waals surface area contributed by atoms with Crippen molar-refractivity contribution in [2.75, 3.05) is 5.32 Å². The number of pyridine rings is 1. The van der Waals surface area contributed by atoms with E-state index >= 15 is 0 Å². The molecule has 0 saturated carbocycles. The molecule has 0 aliphatic carbocycles. The van der Waals surface area contributed by atoms with Crippen molar-refractivity contribution in [1.82, 2.24) is 20.2 Å². The molecule has 2 N–H and O–H groups in total. The molecule has 32 heavy (non-hydrogen) atoms. The van der Waals surface area contributed by atoms with Crippen molar-refractivity contribution in [3.05, 3.63) is 52.7 Å². The summed E-state index contributed by atoms with van der Waals surface area (Å²) >= 11 is 1.23. The maximum absolute atomic E-state index is 13.1. The minimum Gasteiger partial charge on any atom is -0.298 e. The molecule has 10 nitrogen and oxygen atoms in total. The number of aryl methyl sites for hydroxylation is 1. The van der Waals surface area contributed by atoms with Crippen LogP contribution in [-0.2, 0) is 9.59 Å². The number of hydrogen-bond acceptors (Lipinski definition) is 8. The predicted molar refractivity (Wildman–Crippen MR) is 113 cm³/mol. The van der Waals surface area contributed by atoms with Crippen LogP contribution in [-0.4, -0.2) is 50.4 Å². The van der Waals surface area contributed by atoms with E-state index in [-0.39, 0.29) is 29.5 Å². The van der Waals surface area contributed by atoms with Gasteiger partial charge in [0.05, 0.1) is 21.4 Å². The number of hydrogen-bond donors (Lipinski definition) is 2. The van der Waals surface area contributed by atoms with Gasteiger partial charge in [-0.2, -0.15) is 4.98 Å². The van der Waals surface area contributed by atoms with Crippen molar-refractivity contribution in [2.24, 2.45) is 0 Å². The highest BCUT2D eigenvalue weighted by Crippen LogP contribution is 2.31. The zero-order valence-electron chi connectivity index (χ0n) is 16.7. The van der Waals surface area contributed by atoms with E-state index in [0.29, 0.717) is 10.8 Å². The Kier molecular flexibility index (Phi) is 4.55. The number of benzene rings is 1. The van der Waals surface area contributed by atoms with Gasteiger partial charge >= 0.3 is 0 Å². The molecule has 0 radical (unpaired) electrons.